The lowest BCUT2D eigenvalue weighted by Crippen LogP contribution is -2.49. The summed E-state index contributed by atoms with van der Waals surface area (Å²) < 4.78 is -1.09. The van der Waals surface area contributed by atoms with Crippen LogP contribution in [0.5, 0.6) is 0 Å². The molecule has 0 fully saturated rings. The van der Waals surface area contributed by atoms with Crippen molar-refractivity contribution in [3.63, 3.8) is 0 Å². The normalized spacial score (nSPS) is 21.5. The van der Waals surface area contributed by atoms with E-state index >= 15 is 0 Å². The number of carboxylic acid groups (broad SMARTS) is 1. The standard InChI is InChI=1S/C20H17N3O3/c21-19(22)15-6-5-14-10-18(20(24)25)23(26,17(14)11-15)16-8-7-12-3-1-2-4-13(12)9-16/h1-9,11,18H,10H2,(H3,21,22)(H,24,25). The van der Waals surface area contributed by atoms with Crippen molar-refractivity contribution < 1.29 is 9.90 Å². The summed E-state index contributed by atoms with van der Waals surface area (Å²) in [6, 6.07) is 16.6. The van der Waals surface area contributed by atoms with Crippen LogP contribution in [0.3, 0.4) is 0 Å². The highest BCUT2D eigenvalue weighted by Gasteiger charge is 2.47. The van der Waals surface area contributed by atoms with Crippen LogP contribution in [0.4, 0.5) is 11.4 Å². The second kappa shape index (κ2) is 5.66. The molecule has 0 radical (unpaired) electrons. The van der Waals surface area contributed by atoms with Crippen LogP contribution in [0.1, 0.15) is 11.1 Å². The number of carboxylic acids is 1. The van der Waals surface area contributed by atoms with E-state index in [1.807, 2.05) is 30.3 Å². The van der Waals surface area contributed by atoms with Crippen LogP contribution in [0.2, 0.25) is 0 Å². The molecule has 26 heavy (non-hydrogen) atoms. The molecule has 0 saturated heterocycles. The van der Waals surface area contributed by atoms with E-state index in [4.69, 9.17) is 11.1 Å². The van der Waals surface area contributed by atoms with Crippen LogP contribution in [-0.2, 0) is 11.2 Å². The van der Waals surface area contributed by atoms with Gasteiger partial charge in [-0.2, -0.15) is 0 Å². The minimum absolute atomic E-state index is 0.138. The van der Waals surface area contributed by atoms with Crippen molar-refractivity contribution in [2.45, 2.75) is 12.5 Å². The largest absolute Gasteiger partial charge is 0.621 e. The van der Waals surface area contributed by atoms with E-state index in [1.165, 1.54) is 0 Å². The van der Waals surface area contributed by atoms with Crippen molar-refractivity contribution >= 4 is 34.0 Å². The fourth-order valence-electron chi connectivity index (χ4n) is 3.66. The second-order valence-electron chi connectivity index (χ2n) is 6.50. The summed E-state index contributed by atoms with van der Waals surface area (Å²) in [5.74, 6) is -1.30. The number of nitrogens with one attached hydrogen (secondary N) is 1. The number of amidine groups is 1. The Balaban J connectivity index is 1.97. The molecule has 6 nitrogen and oxygen atoms in total. The lowest BCUT2D eigenvalue weighted by Gasteiger charge is -2.42. The molecular weight excluding hydrogens is 330 g/mol. The fraction of sp³-hybridized carbons (Fsp3) is 0.100. The van der Waals surface area contributed by atoms with E-state index in [9.17, 15) is 15.1 Å². The zero-order valence-corrected chi connectivity index (χ0v) is 13.8. The first-order chi connectivity index (χ1) is 12.4. The summed E-state index contributed by atoms with van der Waals surface area (Å²) >= 11 is 0. The molecule has 2 atom stereocenters. The van der Waals surface area contributed by atoms with Gasteiger partial charge in [0, 0.05) is 35.7 Å². The lowest BCUT2D eigenvalue weighted by atomic mass is 10.1. The molecule has 3 aromatic rings. The van der Waals surface area contributed by atoms with Gasteiger partial charge in [-0.1, -0.05) is 36.4 Å². The molecule has 1 heterocycles. The molecule has 0 bridgehead atoms. The SMILES string of the molecule is N=C(N)c1ccc2c(c1)[N+]([O-])(c1ccc3ccccc3c1)C(C(=O)O)C2. The van der Waals surface area contributed by atoms with Gasteiger partial charge < -0.3 is 16.0 Å². The maximum atomic E-state index is 14.0. The van der Waals surface area contributed by atoms with E-state index in [0.717, 1.165) is 10.8 Å². The van der Waals surface area contributed by atoms with Gasteiger partial charge in [0.05, 0.1) is 0 Å². The maximum Gasteiger partial charge on any atom is 0.364 e. The first-order valence-corrected chi connectivity index (χ1v) is 8.21. The van der Waals surface area contributed by atoms with Crippen molar-refractivity contribution in [2.75, 3.05) is 0 Å². The number of aliphatic carboxylic acids is 1. The number of hydrogen-bond donors (Lipinski definition) is 3. The molecule has 1 aliphatic heterocycles. The third-order valence-electron chi connectivity index (χ3n) is 5.01. The summed E-state index contributed by atoms with van der Waals surface area (Å²) in [4.78, 5) is 11.9. The average Bonchev–Trinajstić information content (AvgIpc) is 2.95. The molecule has 4 N–H and O–H groups in total. The van der Waals surface area contributed by atoms with Crippen LogP contribution in [-0.4, -0.2) is 23.0 Å². The minimum atomic E-state index is -1.17. The first-order valence-electron chi connectivity index (χ1n) is 8.21. The summed E-state index contributed by atoms with van der Waals surface area (Å²) in [7, 11) is 0. The van der Waals surface area contributed by atoms with Crippen molar-refractivity contribution in [1.29, 1.82) is 5.41 Å². The van der Waals surface area contributed by atoms with Crippen LogP contribution in [0.25, 0.3) is 10.8 Å². The molecule has 2 unspecified atom stereocenters. The highest BCUT2D eigenvalue weighted by molar-refractivity contribution is 5.97. The van der Waals surface area contributed by atoms with Gasteiger partial charge in [0.15, 0.2) is 0 Å². The molecule has 130 valence electrons. The highest BCUT2D eigenvalue weighted by atomic mass is 16.6. The predicted octanol–water partition coefficient (Wildman–Crippen LogP) is 3.27. The number of hydrogen-bond acceptors (Lipinski definition) is 3. The Labute approximate surface area is 149 Å². The Bertz CT molecular complexity index is 1060. The van der Waals surface area contributed by atoms with Gasteiger partial charge in [-0.05, 0) is 16.8 Å². The third kappa shape index (κ3) is 2.28. The monoisotopic (exact) mass is 347 g/mol. The minimum Gasteiger partial charge on any atom is -0.621 e. The Morgan fingerprint density at radius 3 is 2.54 bits per heavy atom. The maximum absolute atomic E-state index is 14.0. The molecule has 0 spiro atoms. The number of quaternary nitrogens is 1. The Kier molecular flexibility index (Phi) is 3.54. The number of nitrogen functional groups attached to an aromatic ring is 1. The van der Waals surface area contributed by atoms with Gasteiger partial charge in [-0.15, -0.1) is 0 Å². The van der Waals surface area contributed by atoms with Gasteiger partial charge in [-0.3, -0.25) is 10.1 Å². The van der Waals surface area contributed by atoms with Crippen LogP contribution >= 0.6 is 0 Å². The Hall–Kier alpha value is -3.22. The lowest BCUT2D eigenvalue weighted by molar-refractivity contribution is -0.140. The summed E-state index contributed by atoms with van der Waals surface area (Å²) in [5, 5.41) is 33.1. The average molecular weight is 347 g/mol. The Morgan fingerprint density at radius 1 is 1.12 bits per heavy atom. The summed E-state index contributed by atoms with van der Waals surface area (Å²) in [6.45, 7) is 0. The molecule has 0 amide bonds. The van der Waals surface area contributed by atoms with Gasteiger partial charge in [0.1, 0.15) is 17.2 Å². The quantitative estimate of drug-likeness (QED) is 0.292. The van der Waals surface area contributed by atoms with E-state index in [-0.39, 0.29) is 12.3 Å². The van der Waals surface area contributed by atoms with Gasteiger partial charge >= 0.3 is 5.97 Å². The van der Waals surface area contributed by atoms with Crippen molar-refractivity contribution in [3.05, 3.63) is 77.0 Å². The third-order valence-corrected chi connectivity index (χ3v) is 5.01. The molecule has 6 heteroatoms. The zero-order valence-electron chi connectivity index (χ0n) is 13.8. The number of fused-ring (bicyclic) bond motifs is 2. The van der Waals surface area contributed by atoms with Crippen LogP contribution in [0.15, 0.2) is 60.7 Å². The van der Waals surface area contributed by atoms with E-state index in [1.54, 1.807) is 30.3 Å². The topological polar surface area (TPSA) is 110 Å². The molecule has 0 aliphatic carbocycles. The summed E-state index contributed by atoms with van der Waals surface area (Å²) in [6.07, 6.45) is 0.138. The number of hydroxylamine groups is 1. The van der Waals surface area contributed by atoms with Crippen molar-refractivity contribution in [1.82, 2.24) is 4.65 Å². The number of rotatable bonds is 3. The van der Waals surface area contributed by atoms with E-state index in [0.29, 0.717) is 22.5 Å². The van der Waals surface area contributed by atoms with Crippen LogP contribution < -0.4 is 10.4 Å². The van der Waals surface area contributed by atoms with Gasteiger partial charge in [-0.25, -0.2) is 4.79 Å². The Morgan fingerprint density at radius 2 is 1.85 bits per heavy atom. The van der Waals surface area contributed by atoms with E-state index < -0.39 is 16.7 Å². The molecule has 3 aromatic carbocycles. The van der Waals surface area contributed by atoms with E-state index in [2.05, 4.69) is 0 Å². The molecule has 0 saturated carbocycles. The smallest absolute Gasteiger partial charge is 0.364 e. The van der Waals surface area contributed by atoms with Crippen molar-refractivity contribution in [3.8, 4) is 0 Å². The number of nitrogens with zero attached hydrogens (tertiary/aromatic N) is 1. The number of benzene rings is 3. The van der Waals surface area contributed by atoms with Gasteiger partial charge in [0.25, 0.3) is 0 Å². The zero-order chi connectivity index (χ0) is 18.5. The highest BCUT2D eigenvalue weighted by Crippen LogP contribution is 2.46. The first kappa shape index (κ1) is 16.3. The molecule has 0 aromatic heterocycles. The second-order valence-corrected chi connectivity index (χ2v) is 6.50. The van der Waals surface area contributed by atoms with Crippen molar-refractivity contribution in [2.24, 2.45) is 5.73 Å². The number of carbonyl (C=O) groups is 1. The molecular formula is C20H17N3O3. The van der Waals surface area contributed by atoms with Crippen LogP contribution in [0, 0.1) is 10.6 Å². The summed E-state index contributed by atoms with van der Waals surface area (Å²) in [5.41, 5.74) is 7.34. The molecule has 4 rings (SSSR count). The molecule has 1 aliphatic rings. The fourth-order valence-corrected chi connectivity index (χ4v) is 3.66. The number of nitrogens with two attached hydrogens (primary N) is 1. The predicted molar refractivity (Wildman–Crippen MR) is 101 cm³/mol. The van der Waals surface area contributed by atoms with Gasteiger partial charge in [0.2, 0.25) is 6.04 Å².